The van der Waals surface area contributed by atoms with Crippen LogP contribution >= 0.6 is 0 Å². The zero-order chi connectivity index (χ0) is 12.0. The van der Waals surface area contributed by atoms with Crippen molar-refractivity contribution in [1.29, 1.82) is 0 Å². The number of hydrogen-bond acceptors (Lipinski definition) is 3. The fourth-order valence-corrected chi connectivity index (χ4v) is 1.47. The first-order valence-electron chi connectivity index (χ1n) is 5.15. The molecule has 1 unspecified atom stereocenters. The Hall–Kier alpha value is -1.20. The summed E-state index contributed by atoms with van der Waals surface area (Å²) in [7, 11) is 0. The Labute approximate surface area is 93.6 Å². The van der Waals surface area contributed by atoms with Crippen molar-refractivity contribution >= 4 is 0 Å². The number of rotatable bonds is 6. The van der Waals surface area contributed by atoms with Crippen LogP contribution in [0.15, 0.2) is 24.3 Å². The third-order valence-electron chi connectivity index (χ3n) is 2.19. The lowest BCUT2D eigenvalue weighted by atomic mass is 10.1. The Kier molecular flexibility index (Phi) is 5.14. The maximum atomic E-state index is 11.9. The highest BCUT2D eigenvalue weighted by Gasteiger charge is 2.09. The predicted molar refractivity (Wildman–Crippen MR) is 58.5 cm³/mol. The van der Waals surface area contributed by atoms with Crippen molar-refractivity contribution in [2.24, 2.45) is 5.73 Å². The smallest absolute Gasteiger partial charge is 0.387 e. The summed E-state index contributed by atoms with van der Waals surface area (Å²) in [6, 6.07) is 6.55. The maximum Gasteiger partial charge on any atom is 0.387 e. The molecule has 0 saturated carbocycles. The quantitative estimate of drug-likeness (QED) is 0.784. The van der Waals surface area contributed by atoms with Gasteiger partial charge in [0.2, 0.25) is 0 Å². The number of benzene rings is 1. The lowest BCUT2D eigenvalue weighted by Gasteiger charge is -2.16. The van der Waals surface area contributed by atoms with E-state index in [9.17, 15) is 8.78 Å². The van der Waals surface area contributed by atoms with Crippen LogP contribution in [0.5, 0.6) is 5.75 Å². The minimum absolute atomic E-state index is 0.0469. The minimum Gasteiger partial charge on any atom is -0.435 e. The van der Waals surface area contributed by atoms with Gasteiger partial charge < -0.3 is 15.8 Å². The van der Waals surface area contributed by atoms with E-state index in [1.807, 2.05) is 6.92 Å². The van der Waals surface area contributed by atoms with E-state index in [0.717, 1.165) is 12.1 Å². The van der Waals surface area contributed by atoms with Crippen LogP contribution in [0.4, 0.5) is 8.78 Å². The standard InChI is InChI=1S/C11H16F2N2O/c1-2-15-10(7-14)8-3-5-9(6-4-8)16-11(12)13/h3-6,10-11,15H,2,7,14H2,1H3. The number of ether oxygens (including phenoxy) is 1. The van der Waals surface area contributed by atoms with Gasteiger partial charge in [0.25, 0.3) is 0 Å². The highest BCUT2D eigenvalue weighted by molar-refractivity contribution is 5.29. The van der Waals surface area contributed by atoms with Crippen LogP contribution in [0.2, 0.25) is 0 Å². The molecule has 0 bridgehead atoms. The van der Waals surface area contributed by atoms with Crippen LogP contribution in [0.1, 0.15) is 18.5 Å². The first-order valence-corrected chi connectivity index (χ1v) is 5.15. The second-order valence-corrected chi connectivity index (χ2v) is 3.29. The molecule has 0 aliphatic carbocycles. The molecule has 0 spiro atoms. The SMILES string of the molecule is CCNC(CN)c1ccc(OC(F)F)cc1. The van der Waals surface area contributed by atoms with E-state index in [1.165, 1.54) is 12.1 Å². The van der Waals surface area contributed by atoms with E-state index in [4.69, 9.17) is 5.73 Å². The molecule has 0 amide bonds. The Morgan fingerprint density at radius 2 is 1.94 bits per heavy atom. The second-order valence-electron chi connectivity index (χ2n) is 3.29. The Balaban J connectivity index is 2.69. The van der Waals surface area contributed by atoms with E-state index in [2.05, 4.69) is 10.1 Å². The van der Waals surface area contributed by atoms with Gasteiger partial charge in [-0.3, -0.25) is 0 Å². The van der Waals surface area contributed by atoms with Crippen LogP contribution in [-0.2, 0) is 0 Å². The van der Waals surface area contributed by atoms with Crippen LogP contribution < -0.4 is 15.8 Å². The molecule has 3 N–H and O–H groups in total. The maximum absolute atomic E-state index is 11.9. The van der Waals surface area contributed by atoms with Gasteiger partial charge in [0.05, 0.1) is 0 Å². The lowest BCUT2D eigenvalue weighted by Crippen LogP contribution is -2.27. The van der Waals surface area contributed by atoms with Crippen LogP contribution in [-0.4, -0.2) is 19.7 Å². The van der Waals surface area contributed by atoms with Crippen LogP contribution in [0, 0.1) is 0 Å². The van der Waals surface area contributed by atoms with Crippen LogP contribution in [0.3, 0.4) is 0 Å². The van der Waals surface area contributed by atoms with Gasteiger partial charge in [-0.2, -0.15) is 8.78 Å². The molecular weight excluding hydrogens is 214 g/mol. The molecule has 0 heterocycles. The number of alkyl halides is 2. The van der Waals surface area contributed by atoms with Crippen molar-refractivity contribution in [2.75, 3.05) is 13.1 Å². The Morgan fingerprint density at radius 1 is 1.31 bits per heavy atom. The van der Waals surface area contributed by atoms with Crippen molar-refractivity contribution in [3.05, 3.63) is 29.8 Å². The zero-order valence-corrected chi connectivity index (χ0v) is 9.12. The zero-order valence-electron chi connectivity index (χ0n) is 9.12. The molecule has 0 fully saturated rings. The molecule has 0 aliphatic heterocycles. The molecule has 0 aromatic heterocycles. The van der Waals surface area contributed by atoms with Crippen molar-refractivity contribution in [1.82, 2.24) is 5.32 Å². The molecule has 3 nitrogen and oxygen atoms in total. The van der Waals surface area contributed by atoms with Crippen LogP contribution in [0.25, 0.3) is 0 Å². The molecule has 1 aromatic carbocycles. The van der Waals surface area contributed by atoms with E-state index in [1.54, 1.807) is 12.1 Å². The predicted octanol–water partition coefficient (Wildman–Crippen LogP) is 1.90. The third kappa shape index (κ3) is 3.75. The molecule has 0 radical (unpaired) electrons. The summed E-state index contributed by atoms with van der Waals surface area (Å²) >= 11 is 0. The molecule has 1 aromatic rings. The first-order chi connectivity index (χ1) is 7.67. The fourth-order valence-electron chi connectivity index (χ4n) is 1.47. The molecule has 16 heavy (non-hydrogen) atoms. The summed E-state index contributed by atoms with van der Waals surface area (Å²) in [6.45, 7) is 0.460. The summed E-state index contributed by atoms with van der Waals surface area (Å²) in [5.74, 6) is 0.158. The van der Waals surface area contributed by atoms with Gasteiger partial charge in [-0.05, 0) is 24.2 Å². The summed E-state index contributed by atoms with van der Waals surface area (Å²) < 4.78 is 28.1. The number of hydrogen-bond donors (Lipinski definition) is 2. The van der Waals surface area contributed by atoms with Crippen molar-refractivity contribution in [3.63, 3.8) is 0 Å². The normalized spacial score (nSPS) is 12.8. The first kappa shape index (κ1) is 12.9. The van der Waals surface area contributed by atoms with Crippen molar-refractivity contribution in [2.45, 2.75) is 19.6 Å². The highest BCUT2D eigenvalue weighted by atomic mass is 19.3. The third-order valence-corrected chi connectivity index (χ3v) is 2.19. The molecule has 1 rings (SSSR count). The summed E-state index contributed by atoms with van der Waals surface area (Å²) in [6.07, 6.45) is 0. The average molecular weight is 230 g/mol. The number of nitrogens with one attached hydrogen (secondary N) is 1. The van der Waals surface area contributed by atoms with Gasteiger partial charge in [-0.15, -0.1) is 0 Å². The Morgan fingerprint density at radius 3 is 2.38 bits per heavy atom. The van der Waals surface area contributed by atoms with Gasteiger partial charge >= 0.3 is 6.61 Å². The van der Waals surface area contributed by atoms with Gasteiger partial charge in [-0.25, -0.2) is 0 Å². The van der Waals surface area contributed by atoms with Gasteiger partial charge in [0, 0.05) is 12.6 Å². The molecule has 0 saturated heterocycles. The second kappa shape index (κ2) is 6.40. The van der Waals surface area contributed by atoms with Gasteiger partial charge in [0.1, 0.15) is 5.75 Å². The summed E-state index contributed by atoms with van der Waals surface area (Å²) in [5.41, 5.74) is 6.56. The molecule has 1 atom stereocenters. The lowest BCUT2D eigenvalue weighted by molar-refractivity contribution is -0.0498. The highest BCUT2D eigenvalue weighted by Crippen LogP contribution is 2.18. The van der Waals surface area contributed by atoms with E-state index in [-0.39, 0.29) is 11.8 Å². The number of likely N-dealkylation sites (N-methyl/N-ethyl adjacent to an activating group) is 1. The van der Waals surface area contributed by atoms with E-state index >= 15 is 0 Å². The van der Waals surface area contributed by atoms with E-state index < -0.39 is 6.61 Å². The minimum atomic E-state index is -2.79. The molecule has 90 valence electrons. The number of halogens is 2. The monoisotopic (exact) mass is 230 g/mol. The number of nitrogens with two attached hydrogens (primary N) is 1. The average Bonchev–Trinajstić information content (AvgIpc) is 2.26. The molecule has 0 aliphatic rings. The van der Waals surface area contributed by atoms with Crippen molar-refractivity contribution < 1.29 is 13.5 Å². The topological polar surface area (TPSA) is 47.3 Å². The van der Waals surface area contributed by atoms with Crippen molar-refractivity contribution in [3.8, 4) is 5.75 Å². The fraction of sp³-hybridized carbons (Fsp3) is 0.455. The Bertz CT molecular complexity index is 303. The molecule has 5 heteroatoms. The van der Waals surface area contributed by atoms with Gasteiger partial charge in [0.15, 0.2) is 0 Å². The van der Waals surface area contributed by atoms with E-state index in [0.29, 0.717) is 6.54 Å². The summed E-state index contributed by atoms with van der Waals surface area (Å²) in [4.78, 5) is 0. The van der Waals surface area contributed by atoms with Gasteiger partial charge in [-0.1, -0.05) is 19.1 Å². The summed E-state index contributed by atoms with van der Waals surface area (Å²) in [5, 5.41) is 3.19. The molecular formula is C11H16F2N2O. The largest absolute Gasteiger partial charge is 0.435 e.